The Morgan fingerprint density at radius 3 is 3.00 bits per heavy atom. The minimum atomic E-state index is 0.657. The fourth-order valence-electron chi connectivity index (χ4n) is 1.76. The van der Waals surface area contributed by atoms with Gasteiger partial charge in [-0.15, -0.1) is 0 Å². The third kappa shape index (κ3) is 3.28. The van der Waals surface area contributed by atoms with E-state index in [0.717, 1.165) is 42.1 Å². The molecule has 2 aromatic heterocycles. The van der Waals surface area contributed by atoms with Gasteiger partial charge in [-0.3, -0.25) is 5.10 Å². The van der Waals surface area contributed by atoms with E-state index in [4.69, 9.17) is 0 Å². The number of nitrogens with one attached hydrogen (secondary N) is 2. The van der Waals surface area contributed by atoms with Gasteiger partial charge in [-0.05, 0) is 12.7 Å². The van der Waals surface area contributed by atoms with Crippen molar-refractivity contribution in [3.8, 4) is 0 Å². The van der Waals surface area contributed by atoms with Crippen molar-refractivity contribution in [1.29, 1.82) is 0 Å². The molecule has 0 aliphatic heterocycles. The maximum absolute atomic E-state index is 4.60. The van der Waals surface area contributed by atoms with Gasteiger partial charge in [-0.25, -0.2) is 0 Å². The average Bonchev–Trinajstić information content (AvgIpc) is 2.89. The summed E-state index contributed by atoms with van der Waals surface area (Å²) in [4.78, 5) is 11.2. The highest BCUT2D eigenvalue weighted by molar-refractivity contribution is 7.98. The Kier molecular flexibility index (Phi) is 4.84. The second kappa shape index (κ2) is 6.60. The smallest absolute Gasteiger partial charge is 0.226 e. The Balaban J connectivity index is 2.30. The molecule has 0 aliphatic carbocycles. The first-order chi connectivity index (χ1) is 9.26. The maximum atomic E-state index is 4.60. The third-order valence-corrected chi connectivity index (χ3v) is 3.41. The number of fused-ring (bicyclic) bond motifs is 1. The van der Waals surface area contributed by atoms with E-state index in [1.54, 1.807) is 6.20 Å². The molecule has 0 bridgehead atoms. The summed E-state index contributed by atoms with van der Waals surface area (Å²) in [6, 6.07) is 0. The van der Waals surface area contributed by atoms with Crippen molar-refractivity contribution >= 4 is 34.6 Å². The predicted molar refractivity (Wildman–Crippen MR) is 82.1 cm³/mol. The van der Waals surface area contributed by atoms with Crippen molar-refractivity contribution in [2.24, 2.45) is 0 Å². The lowest BCUT2D eigenvalue weighted by atomic mass is 10.3. The molecule has 0 saturated carbocycles. The number of hydrogen-bond acceptors (Lipinski definition) is 6. The Morgan fingerprint density at radius 2 is 2.26 bits per heavy atom. The molecule has 0 fully saturated rings. The summed E-state index contributed by atoms with van der Waals surface area (Å²) in [6.07, 6.45) is 4.93. The summed E-state index contributed by atoms with van der Waals surface area (Å²) in [5.74, 6) is 2.65. The number of thioether (sulfide) groups is 1. The van der Waals surface area contributed by atoms with Crippen LogP contribution in [0.5, 0.6) is 0 Å². The van der Waals surface area contributed by atoms with Gasteiger partial charge in [0, 0.05) is 25.9 Å². The second-order valence-corrected chi connectivity index (χ2v) is 5.33. The van der Waals surface area contributed by atoms with Crippen LogP contribution in [-0.4, -0.2) is 52.3 Å². The number of aromatic amines is 1. The molecule has 0 saturated heterocycles. The van der Waals surface area contributed by atoms with Crippen LogP contribution in [0.1, 0.15) is 13.3 Å². The summed E-state index contributed by atoms with van der Waals surface area (Å²) in [5, 5.41) is 11.2. The highest BCUT2D eigenvalue weighted by atomic mass is 32.2. The van der Waals surface area contributed by atoms with Gasteiger partial charge >= 0.3 is 0 Å². The molecule has 2 heterocycles. The zero-order valence-corrected chi connectivity index (χ0v) is 12.4. The third-order valence-electron chi connectivity index (χ3n) is 2.82. The standard InChI is InChI=1S/C12H20N6S/c1-4-5-13-12-15-10-9(8-14-17-10)11(16-12)18(2)6-7-19-3/h8H,4-7H2,1-3H3,(H2,13,14,15,16,17). The molecule has 0 unspecified atom stereocenters. The molecule has 19 heavy (non-hydrogen) atoms. The monoisotopic (exact) mass is 280 g/mol. The quantitative estimate of drug-likeness (QED) is 0.808. The van der Waals surface area contributed by atoms with Crippen LogP contribution in [-0.2, 0) is 0 Å². The highest BCUT2D eigenvalue weighted by Gasteiger charge is 2.12. The van der Waals surface area contributed by atoms with Crippen LogP contribution in [0.15, 0.2) is 6.20 Å². The fraction of sp³-hybridized carbons (Fsp3) is 0.583. The molecule has 0 radical (unpaired) electrons. The predicted octanol–water partition coefficient (Wildman–Crippen LogP) is 1.97. The lowest BCUT2D eigenvalue weighted by molar-refractivity contribution is 0.927. The molecule has 0 aromatic carbocycles. The van der Waals surface area contributed by atoms with Crippen LogP contribution in [0.25, 0.3) is 11.0 Å². The van der Waals surface area contributed by atoms with Gasteiger partial charge in [0.25, 0.3) is 0 Å². The first kappa shape index (κ1) is 13.9. The SMILES string of the molecule is CCCNc1nc(N(C)CCSC)c2cn[nH]c2n1. The van der Waals surface area contributed by atoms with E-state index >= 15 is 0 Å². The van der Waals surface area contributed by atoms with Gasteiger partial charge in [-0.2, -0.15) is 26.8 Å². The normalized spacial score (nSPS) is 10.9. The van der Waals surface area contributed by atoms with Gasteiger partial charge < -0.3 is 10.2 Å². The van der Waals surface area contributed by atoms with Crippen molar-refractivity contribution in [3.05, 3.63) is 6.20 Å². The van der Waals surface area contributed by atoms with E-state index < -0.39 is 0 Å². The van der Waals surface area contributed by atoms with Gasteiger partial charge in [0.15, 0.2) is 5.65 Å². The van der Waals surface area contributed by atoms with Crippen molar-refractivity contribution in [1.82, 2.24) is 20.2 Å². The van der Waals surface area contributed by atoms with Gasteiger partial charge in [-0.1, -0.05) is 6.92 Å². The fourth-order valence-corrected chi connectivity index (χ4v) is 2.22. The van der Waals surface area contributed by atoms with Crippen molar-refractivity contribution in [2.45, 2.75) is 13.3 Å². The minimum Gasteiger partial charge on any atom is -0.358 e. The summed E-state index contributed by atoms with van der Waals surface area (Å²) in [7, 11) is 2.05. The summed E-state index contributed by atoms with van der Waals surface area (Å²) in [6.45, 7) is 3.94. The maximum Gasteiger partial charge on any atom is 0.226 e. The number of H-pyrrole nitrogens is 1. The average molecular weight is 280 g/mol. The summed E-state index contributed by atoms with van der Waals surface area (Å²) in [5.41, 5.74) is 0.777. The zero-order chi connectivity index (χ0) is 13.7. The molecular weight excluding hydrogens is 260 g/mol. The molecule has 6 nitrogen and oxygen atoms in total. The van der Waals surface area contributed by atoms with E-state index in [0.29, 0.717) is 5.95 Å². The number of rotatable bonds is 7. The van der Waals surface area contributed by atoms with E-state index in [2.05, 4.69) is 50.6 Å². The topological polar surface area (TPSA) is 69.7 Å². The first-order valence-electron chi connectivity index (χ1n) is 6.41. The van der Waals surface area contributed by atoms with Crippen molar-refractivity contribution in [2.75, 3.05) is 42.4 Å². The molecule has 0 spiro atoms. The molecule has 0 aliphatic rings. The Labute approximate surface area is 117 Å². The van der Waals surface area contributed by atoms with E-state index in [1.807, 2.05) is 11.8 Å². The minimum absolute atomic E-state index is 0.657. The van der Waals surface area contributed by atoms with Crippen LogP contribution in [0, 0.1) is 0 Å². The summed E-state index contributed by atoms with van der Waals surface area (Å²) >= 11 is 1.83. The Morgan fingerprint density at radius 1 is 1.42 bits per heavy atom. The largest absolute Gasteiger partial charge is 0.358 e. The van der Waals surface area contributed by atoms with Crippen LogP contribution in [0.4, 0.5) is 11.8 Å². The number of aromatic nitrogens is 4. The Hall–Kier alpha value is -1.50. The highest BCUT2D eigenvalue weighted by Crippen LogP contribution is 2.23. The molecule has 2 N–H and O–H groups in total. The molecule has 2 aromatic rings. The van der Waals surface area contributed by atoms with Crippen LogP contribution in [0.3, 0.4) is 0 Å². The molecule has 104 valence electrons. The molecule has 0 atom stereocenters. The van der Waals surface area contributed by atoms with Crippen LogP contribution in [0.2, 0.25) is 0 Å². The van der Waals surface area contributed by atoms with Gasteiger partial charge in [0.05, 0.1) is 11.6 Å². The lowest BCUT2D eigenvalue weighted by Crippen LogP contribution is -2.22. The summed E-state index contributed by atoms with van der Waals surface area (Å²) < 4.78 is 0. The van der Waals surface area contributed by atoms with E-state index in [9.17, 15) is 0 Å². The van der Waals surface area contributed by atoms with Crippen LogP contribution >= 0.6 is 11.8 Å². The van der Waals surface area contributed by atoms with E-state index in [-0.39, 0.29) is 0 Å². The molecular formula is C12H20N6S. The first-order valence-corrected chi connectivity index (χ1v) is 7.80. The molecule has 0 amide bonds. The number of anilines is 2. The number of nitrogens with zero attached hydrogens (tertiary/aromatic N) is 4. The molecule has 7 heteroatoms. The lowest BCUT2D eigenvalue weighted by Gasteiger charge is -2.18. The van der Waals surface area contributed by atoms with Gasteiger partial charge in [0.1, 0.15) is 5.82 Å². The Bertz CT molecular complexity index is 526. The number of hydrogen-bond donors (Lipinski definition) is 2. The second-order valence-electron chi connectivity index (χ2n) is 4.34. The zero-order valence-electron chi connectivity index (χ0n) is 11.6. The van der Waals surface area contributed by atoms with E-state index in [1.165, 1.54) is 0 Å². The van der Waals surface area contributed by atoms with Gasteiger partial charge in [0.2, 0.25) is 5.95 Å². The van der Waals surface area contributed by atoms with Crippen LogP contribution < -0.4 is 10.2 Å². The van der Waals surface area contributed by atoms with Crippen molar-refractivity contribution < 1.29 is 0 Å². The van der Waals surface area contributed by atoms with Crippen molar-refractivity contribution in [3.63, 3.8) is 0 Å². The molecule has 2 rings (SSSR count).